The summed E-state index contributed by atoms with van der Waals surface area (Å²) in [5.74, 6) is -0.494. The number of nitrogens with one attached hydrogen (secondary N) is 2. The highest BCUT2D eigenvalue weighted by molar-refractivity contribution is 5.96. The monoisotopic (exact) mass is 429 g/mol. The first-order valence-corrected chi connectivity index (χ1v) is 10.4. The van der Waals surface area contributed by atoms with E-state index in [1.54, 1.807) is 50.5 Å². The van der Waals surface area contributed by atoms with Gasteiger partial charge in [-0.1, -0.05) is 18.2 Å². The molecule has 0 spiro atoms. The molecule has 32 heavy (non-hydrogen) atoms. The summed E-state index contributed by atoms with van der Waals surface area (Å²) in [6.07, 6.45) is 0.814. The van der Waals surface area contributed by atoms with E-state index >= 15 is 0 Å². The van der Waals surface area contributed by atoms with Crippen LogP contribution in [0.15, 0.2) is 72.8 Å². The van der Waals surface area contributed by atoms with E-state index in [4.69, 9.17) is 0 Å². The molecule has 0 saturated heterocycles. The molecule has 0 unspecified atom stereocenters. The van der Waals surface area contributed by atoms with Crippen molar-refractivity contribution in [3.05, 3.63) is 89.7 Å². The minimum absolute atomic E-state index is 0.0875. The summed E-state index contributed by atoms with van der Waals surface area (Å²) in [4.78, 5) is 29.5. The molecule has 4 rings (SSSR count). The van der Waals surface area contributed by atoms with Crippen LogP contribution in [0.3, 0.4) is 0 Å². The van der Waals surface area contributed by atoms with Gasteiger partial charge in [-0.15, -0.1) is 0 Å². The summed E-state index contributed by atoms with van der Waals surface area (Å²) in [6, 6.07) is 21.1. The van der Waals surface area contributed by atoms with Crippen LogP contribution in [0, 0.1) is 5.82 Å². The highest BCUT2D eigenvalue weighted by atomic mass is 19.1. The van der Waals surface area contributed by atoms with Gasteiger partial charge >= 0.3 is 0 Å². The molecule has 0 aliphatic heterocycles. The van der Waals surface area contributed by atoms with Gasteiger partial charge in [0.2, 0.25) is 5.91 Å². The third kappa shape index (κ3) is 4.54. The van der Waals surface area contributed by atoms with Gasteiger partial charge in [-0.2, -0.15) is 0 Å². The number of para-hydroxylation sites is 1. The van der Waals surface area contributed by atoms with Crippen LogP contribution >= 0.6 is 0 Å². The molecule has 1 heterocycles. The summed E-state index contributed by atoms with van der Waals surface area (Å²) in [5, 5.41) is 3.94. The van der Waals surface area contributed by atoms with Gasteiger partial charge in [0, 0.05) is 48.4 Å². The highest BCUT2D eigenvalue weighted by Crippen LogP contribution is 2.31. The Morgan fingerprint density at radius 3 is 2.31 bits per heavy atom. The van der Waals surface area contributed by atoms with E-state index in [0.29, 0.717) is 17.7 Å². The minimum atomic E-state index is -0.288. The standard InChI is InChI=1S/C26H24FN3O2/c1-30(2)26(32)18-9-13-20(14-10-18)28-24(31)16-15-22-21-5-3-4-6-23(21)29-25(22)17-7-11-19(27)12-8-17/h3-14,29H,15-16H2,1-2H3,(H,28,31). The van der Waals surface area contributed by atoms with Crippen molar-refractivity contribution in [3.63, 3.8) is 0 Å². The Morgan fingerprint density at radius 2 is 1.62 bits per heavy atom. The van der Waals surface area contributed by atoms with Crippen molar-refractivity contribution in [3.8, 4) is 11.3 Å². The SMILES string of the molecule is CN(C)C(=O)c1ccc(NC(=O)CCc2c(-c3ccc(F)cc3)[nH]c3ccccc23)cc1. The number of aromatic nitrogens is 1. The number of rotatable bonds is 6. The highest BCUT2D eigenvalue weighted by Gasteiger charge is 2.15. The maximum Gasteiger partial charge on any atom is 0.253 e. The van der Waals surface area contributed by atoms with E-state index in [2.05, 4.69) is 10.3 Å². The Labute approximate surface area is 185 Å². The summed E-state index contributed by atoms with van der Waals surface area (Å²) in [7, 11) is 3.39. The van der Waals surface area contributed by atoms with Crippen molar-refractivity contribution in [2.45, 2.75) is 12.8 Å². The van der Waals surface area contributed by atoms with Crippen LogP contribution in [0.5, 0.6) is 0 Å². The number of carbonyl (C=O) groups is 2. The van der Waals surface area contributed by atoms with Crippen LogP contribution in [-0.2, 0) is 11.2 Å². The molecule has 0 atom stereocenters. The van der Waals surface area contributed by atoms with E-state index in [9.17, 15) is 14.0 Å². The Kier molecular flexibility index (Phi) is 6.03. The van der Waals surface area contributed by atoms with Gasteiger partial charge in [-0.25, -0.2) is 4.39 Å². The summed E-state index contributed by atoms with van der Waals surface area (Å²) < 4.78 is 13.4. The number of H-pyrrole nitrogens is 1. The lowest BCUT2D eigenvalue weighted by Crippen LogP contribution is -2.21. The zero-order chi connectivity index (χ0) is 22.7. The first kappa shape index (κ1) is 21.3. The molecule has 2 amide bonds. The molecule has 0 fully saturated rings. The van der Waals surface area contributed by atoms with E-state index < -0.39 is 0 Å². The van der Waals surface area contributed by atoms with Gasteiger partial charge in [-0.3, -0.25) is 9.59 Å². The zero-order valence-corrected chi connectivity index (χ0v) is 18.0. The number of anilines is 1. The summed E-state index contributed by atoms with van der Waals surface area (Å²) >= 11 is 0. The fourth-order valence-corrected chi connectivity index (χ4v) is 3.74. The number of amides is 2. The van der Waals surface area contributed by atoms with Crippen molar-refractivity contribution in [1.82, 2.24) is 9.88 Å². The molecular formula is C26H24FN3O2. The average molecular weight is 429 g/mol. The fraction of sp³-hybridized carbons (Fsp3) is 0.154. The second-order valence-electron chi connectivity index (χ2n) is 7.86. The van der Waals surface area contributed by atoms with Crippen molar-refractivity contribution >= 4 is 28.4 Å². The molecule has 6 heteroatoms. The van der Waals surface area contributed by atoms with Gasteiger partial charge in [0.1, 0.15) is 5.82 Å². The van der Waals surface area contributed by atoms with Gasteiger partial charge < -0.3 is 15.2 Å². The van der Waals surface area contributed by atoms with Gasteiger partial charge in [-0.05, 0) is 72.1 Å². The van der Waals surface area contributed by atoms with Gasteiger partial charge in [0.05, 0.1) is 0 Å². The van der Waals surface area contributed by atoms with Crippen LogP contribution in [-0.4, -0.2) is 35.8 Å². The van der Waals surface area contributed by atoms with Crippen molar-refractivity contribution in [2.24, 2.45) is 0 Å². The van der Waals surface area contributed by atoms with Crippen molar-refractivity contribution in [2.75, 3.05) is 19.4 Å². The topological polar surface area (TPSA) is 65.2 Å². The van der Waals surface area contributed by atoms with E-state index in [1.165, 1.54) is 17.0 Å². The van der Waals surface area contributed by atoms with Crippen LogP contribution in [0.4, 0.5) is 10.1 Å². The van der Waals surface area contributed by atoms with Crippen molar-refractivity contribution < 1.29 is 14.0 Å². The van der Waals surface area contributed by atoms with E-state index in [0.717, 1.165) is 27.7 Å². The second kappa shape index (κ2) is 9.06. The number of aryl methyl sites for hydroxylation is 1. The maximum atomic E-state index is 13.4. The molecule has 0 aliphatic carbocycles. The summed E-state index contributed by atoms with van der Waals surface area (Å²) in [6.45, 7) is 0. The van der Waals surface area contributed by atoms with E-state index in [1.807, 2.05) is 24.3 Å². The molecule has 0 bridgehead atoms. The van der Waals surface area contributed by atoms with Crippen molar-refractivity contribution in [1.29, 1.82) is 0 Å². The third-order valence-electron chi connectivity index (χ3n) is 5.37. The number of nitrogens with zero attached hydrogens (tertiary/aromatic N) is 1. The molecule has 0 aliphatic rings. The second-order valence-corrected chi connectivity index (χ2v) is 7.86. The molecule has 5 nitrogen and oxygen atoms in total. The number of halogens is 1. The smallest absolute Gasteiger partial charge is 0.253 e. The Hall–Kier alpha value is -3.93. The Morgan fingerprint density at radius 1 is 0.938 bits per heavy atom. The van der Waals surface area contributed by atoms with Gasteiger partial charge in [0.15, 0.2) is 0 Å². The number of hydrogen-bond donors (Lipinski definition) is 2. The first-order valence-electron chi connectivity index (χ1n) is 10.4. The predicted octanol–water partition coefficient (Wildman–Crippen LogP) is 5.25. The van der Waals surface area contributed by atoms with Crippen LogP contribution in [0.2, 0.25) is 0 Å². The molecule has 0 saturated carbocycles. The quantitative estimate of drug-likeness (QED) is 0.440. The minimum Gasteiger partial charge on any atom is -0.354 e. The predicted molar refractivity (Wildman–Crippen MR) is 125 cm³/mol. The third-order valence-corrected chi connectivity index (χ3v) is 5.37. The normalized spacial score (nSPS) is 10.8. The lowest BCUT2D eigenvalue weighted by molar-refractivity contribution is -0.116. The molecule has 3 aromatic carbocycles. The fourth-order valence-electron chi connectivity index (χ4n) is 3.74. The number of aromatic amines is 1. The number of hydrogen-bond acceptors (Lipinski definition) is 2. The lowest BCUT2D eigenvalue weighted by Gasteiger charge is -2.11. The van der Waals surface area contributed by atoms with Crippen LogP contribution in [0.1, 0.15) is 22.3 Å². The molecule has 2 N–H and O–H groups in total. The molecule has 1 aromatic heterocycles. The van der Waals surface area contributed by atoms with E-state index in [-0.39, 0.29) is 24.1 Å². The largest absolute Gasteiger partial charge is 0.354 e. The number of carbonyl (C=O) groups excluding carboxylic acids is 2. The average Bonchev–Trinajstić information content (AvgIpc) is 3.16. The maximum absolute atomic E-state index is 13.4. The van der Waals surface area contributed by atoms with Crippen LogP contribution in [0.25, 0.3) is 22.2 Å². The number of fused-ring (bicyclic) bond motifs is 1. The summed E-state index contributed by atoms with van der Waals surface area (Å²) in [5.41, 5.74) is 4.97. The first-order chi connectivity index (χ1) is 15.4. The molecule has 162 valence electrons. The molecule has 4 aromatic rings. The molecular weight excluding hydrogens is 405 g/mol. The van der Waals surface area contributed by atoms with Gasteiger partial charge in [0.25, 0.3) is 5.91 Å². The van der Waals surface area contributed by atoms with Crippen LogP contribution < -0.4 is 5.32 Å². The zero-order valence-electron chi connectivity index (χ0n) is 18.0. The Bertz CT molecular complexity index is 1260. The number of benzene rings is 3. The lowest BCUT2D eigenvalue weighted by atomic mass is 10.0. The Balaban J connectivity index is 1.50. The molecule has 0 radical (unpaired) electrons.